The second kappa shape index (κ2) is 8.50. The maximum absolute atomic E-state index is 13.6. The Morgan fingerprint density at radius 3 is 2.86 bits per heavy atom. The maximum atomic E-state index is 13.6. The molecule has 0 unspecified atom stereocenters. The van der Waals surface area contributed by atoms with Crippen molar-refractivity contribution in [3.63, 3.8) is 0 Å². The summed E-state index contributed by atoms with van der Waals surface area (Å²) >= 11 is 0. The summed E-state index contributed by atoms with van der Waals surface area (Å²) in [5.74, 6) is -0.745. The third-order valence-corrected chi connectivity index (χ3v) is 7.55. The molecule has 3 aromatic heterocycles. The van der Waals surface area contributed by atoms with Gasteiger partial charge in [0, 0.05) is 55.8 Å². The number of hydrogen-bond acceptors (Lipinski definition) is 3. The van der Waals surface area contributed by atoms with Crippen LogP contribution >= 0.6 is 0 Å². The smallest absolute Gasteiger partial charge is 0.342 e. The van der Waals surface area contributed by atoms with E-state index in [1.807, 2.05) is 6.20 Å². The van der Waals surface area contributed by atoms with Crippen molar-refractivity contribution in [3.8, 4) is 0 Å². The van der Waals surface area contributed by atoms with Crippen LogP contribution in [0.25, 0.3) is 28.0 Å². The molecule has 1 saturated heterocycles. The molecule has 0 bridgehead atoms. The molecule has 1 amide bonds. The summed E-state index contributed by atoms with van der Waals surface area (Å²) < 4.78 is 44.3. The molecule has 9 heteroatoms. The lowest BCUT2D eigenvalue weighted by atomic mass is 9.92. The summed E-state index contributed by atoms with van der Waals surface area (Å²) in [6.45, 7) is 3.26. The van der Waals surface area contributed by atoms with Gasteiger partial charge in [-0.3, -0.25) is 9.78 Å². The number of alkyl halides is 3. The minimum absolute atomic E-state index is 0.0149. The molecule has 1 aliphatic carbocycles. The first-order valence-corrected chi connectivity index (χ1v) is 12.3. The summed E-state index contributed by atoms with van der Waals surface area (Å²) in [6.07, 6.45) is 5.26. The van der Waals surface area contributed by atoms with Crippen molar-refractivity contribution in [1.29, 1.82) is 0 Å². The summed E-state index contributed by atoms with van der Waals surface area (Å²) in [5, 5.41) is 1.07. The molecule has 2 atom stereocenters. The predicted octanol–water partition coefficient (Wildman–Crippen LogP) is 5.47. The lowest BCUT2D eigenvalue weighted by molar-refractivity contribution is -0.147. The number of rotatable bonds is 4. The van der Waals surface area contributed by atoms with Gasteiger partial charge in [0.25, 0.3) is 0 Å². The Hall–Kier alpha value is -3.62. The van der Waals surface area contributed by atoms with Crippen LogP contribution < -0.4 is 0 Å². The number of nitrogens with zero attached hydrogens (tertiary/aromatic N) is 5. The molecule has 36 heavy (non-hydrogen) atoms. The summed E-state index contributed by atoms with van der Waals surface area (Å²) in [7, 11) is 0. The van der Waals surface area contributed by atoms with Crippen molar-refractivity contribution in [2.24, 2.45) is 5.92 Å². The fourth-order valence-electron chi connectivity index (χ4n) is 5.64. The number of fused-ring (bicyclic) bond motifs is 4. The molecule has 1 fully saturated rings. The molecular formula is C27H26F3N5O. The largest absolute Gasteiger partial charge is 0.449 e. The Balaban J connectivity index is 1.24. The zero-order chi connectivity index (χ0) is 25.0. The molecule has 4 aromatic rings. The molecule has 6 rings (SSSR count). The first-order chi connectivity index (χ1) is 17.3. The zero-order valence-electron chi connectivity index (χ0n) is 19.9. The van der Waals surface area contributed by atoms with E-state index in [2.05, 4.69) is 45.9 Å². The van der Waals surface area contributed by atoms with Gasteiger partial charge in [-0.25, -0.2) is 4.98 Å². The van der Waals surface area contributed by atoms with Gasteiger partial charge in [0.05, 0.1) is 28.3 Å². The molecule has 0 N–H and O–H groups in total. The quantitative estimate of drug-likeness (QED) is 0.379. The number of carbonyl (C=O) groups is 1. The lowest BCUT2D eigenvalue weighted by Crippen LogP contribution is -2.44. The molecule has 186 valence electrons. The normalized spacial score (nSPS) is 19.9. The average Bonchev–Trinajstić information content (AvgIpc) is 3.58. The number of hydrogen-bond donors (Lipinski definition) is 0. The first kappa shape index (κ1) is 22.8. The van der Waals surface area contributed by atoms with Gasteiger partial charge < -0.3 is 14.0 Å². The number of likely N-dealkylation sites (tertiary alicyclic amines) is 1. The Morgan fingerprint density at radius 2 is 2.03 bits per heavy atom. The number of halogens is 3. The van der Waals surface area contributed by atoms with E-state index in [0.29, 0.717) is 24.5 Å². The Morgan fingerprint density at radius 1 is 1.19 bits per heavy atom. The lowest BCUT2D eigenvalue weighted by Gasteiger charge is -2.38. The monoisotopic (exact) mass is 493 g/mol. The highest BCUT2D eigenvalue weighted by atomic mass is 19.4. The number of carbonyl (C=O) groups excluding carboxylic acids is 1. The van der Waals surface area contributed by atoms with Crippen molar-refractivity contribution in [2.75, 3.05) is 13.1 Å². The second-order valence-corrected chi connectivity index (χ2v) is 9.75. The molecule has 1 aromatic carbocycles. The minimum Gasteiger partial charge on any atom is -0.342 e. The number of allylic oxidation sites excluding steroid dienone is 1. The SMILES string of the molecule is C[C@@H]1CCN(C(=O)CCn2c(C(F)(F)F)nc3ccccc32)C[C@@H]1n1ccc2cnc3c(c21)C=CC3. The van der Waals surface area contributed by atoms with E-state index >= 15 is 0 Å². The van der Waals surface area contributed by atoms with Gasteiger partial charge in [0.2, 0.25) is 11.7 Å². The molecule has 0 saturated carbocycles. The van der Waals surface area contributed by atoms with Crippen LogP contribution in [0.15, 0.2) is 48.8 Å². The third-order valence-electron chi connectivity index (χ3n) is 7.55. The predicted molar refractivity (Wildman–Crippen MR) is 131 cm³/mol. The van der Waals surface area contributed by atoms with Crippen LogP contribution in [0.4, 0.5) is 13.2 Å². The first-order valence-electron chi connectivity index (χ1n) is 12.3. The van der Waals surface area contributed by atoms with Crippen LogP contribution in [-0.2, 0) is 23.9 Å². The number of benzene rings is 1. The number of piperidine rings is 1. The van der Waals surface area contributed by atoms with E-state index < -0.39 is 12.0 Å². The zero-order valence-corrected chi connectivity index (χ0v) is 19.9. The molecule has 6 nitrogen and oxygen atoms in total. The average molecular weight is 494 g/mol. The van der Waals surface area contributed by atoms with Crippen molar-refractivity contribution in [2.45, 2.75) is 44.9 Å². The standard InChI is InChI=1S/C27H26F3N5O/c1-17-9-12-33(16-23(17)34-13-10-18-15-31-20-7-4-5-19(20)25(18)34)24(36)11-14-35-22-8-3-2-6-21(22)32-26(35)27(28,29)30/h2-6,8,10,13,15,17,23H,7,9,11-12,14,16H2,1H3/t17-,23+/m1/s1. The van der Waals surface area contributed by atoms with Gasteiger partial charge >= 0.3 is 6.18 Å². The number of para-hydroxylation sites is 2. The molecule has 0 spiro atoms. The Kier molecular flexibility index (Phi) is 5.39. The van der Waals surface area contributed by atoms with E-state index in [9.17, 15) is 18.0 Å². The van der Waals surface area contributed by atoms with Gasteiger partial charge in [0.15, 0.2) is 0 Å². The van der Waals surface area contributed by atoms with Gasteiger partial charge in [-0.1, -0.05) is 31.2 Å². The van der Waals surface area contributed by atoms with Crippen molar-refractivity contribution in [1.82, 2.24) is 24.0 Å². The van der Waals surface area contributed by atoms with E-state index in [1.54, 1.807) is 29.2 Å². The summed E-state index contributed by atoms with van der Waals surface area (Å²) in [6, 6.07) is 8.65. The number of imidazole rings is 1. The van der Waals surface area contributed by atoms with Gasteiger partial charge in [-0.15, -0.1) is 0 Å². The highest BCUT2D eigenvalue weighted by Gasteiger charge is 2.38. The molecule has 1 aliphatic heterocycles. The van der Waals surface area contributed by atoms with Crippen molar-refractivity contribution >= 4 is 33.9 Å². The van der Waals surface area contributed by atoms with Crippen LogP contribution in [0.1, 0.15) is 42.9 Å². The molecule has 4 heterocycles. The highest BCUT2D eigenvalue weighted by Crippen LogP contribution is 2.36. The van der Waals surface area contributed by atoms with Crippen LogP contribution in [0, 0.1) is 5.92 Å². The van der Waals surface area contributed by atoms with Crippen LogP contribution in [0.5, 0.6) is 0 Å². The van der Waals surface area contributed by atoms with Gasteiger partial charge in [0.1, 0.15) is 0 Å². The fourth-order valence-corrected chi connectivity index (χ4v) is 5.64. The minimum atomic E-state index is -4.59. The van der Waals surface area contributed by atoms with Crippen LogP contribution in [-0.4, -0.2) is 43.0 Å². The van der Waals surface area contributed by atoms with E-state index in [0.717, 1.165) is 39.6 Å². The second-order valence-electron chi connectivity index (χ2n) is 9.75. The van der Waals surface area contributed by atoms with E-state index in [1.165, 1.54) is 0 Å². The topological polar surface area (TPSA) is 56.0 Å². The fraction of sp³-hybridized carbons (Fsp3) is 0.370. The van der Waals surface area contributed by atoms with E-state index in [4.69, 9.17) is 0 Å². The maximum Gasteiger partial charge on any atom is 0.449 e. The number of aromatic nitrogens is 4. The number of amides is 1. The van der Waals surface area contributed by atoms with Gasteiger partial charge in [-0.05, 0) is 30.5 Å². The highest BCUT2D eigenvalue weighted by molar-refractivity contribution is 5.90. The Labute approximate surface area is 206 Å². The summed E-state index contributed by atoms with van der Waals surface area (Å²) in [5.41, 5.74) is 4.00. The number of aryl methyl sites for hydroxylation is 1. The number of pyridine rings is 1. The van der Waals surface area contributed by atoms with Crippen molar-refractivity contribution in [3.05, 3.63) is 65.9 Å². The molecular weight excluding hydrogens is 467 g/mol. The van der Waals surface area contributed by atoms with Gasteiger partial charge in [-0.2, -0.15) is 13.2 Å². The van der Waals surface area contributed by atoms with Crippen LogP contribution in [0.2, 0.25) is 0 Å². The Bertz CT molecular complexity index is 1500. The third kappa shape index (κ3) is 3.77. The summed E-state index contributed by atoms with van der Waals surface area (Å²) in [4.78, 5) is 23.4. The van der Waals surface area contributed by atoms with Crippen LogP contribution in [0.3, 0.4) is 0 Å². The molecule has 2 aliphatic rings. The van der Waals surface area contributed by atoms with E-state index in [-0.39, 0.29) is 30.4 Å². The van der Waals surface area contributed by atoms with Crippen molar-refractivity contribution < 1.29 is 18.0 Å². The molecule has 0 radical (unpaired) electrons.